The van der Waals surface area contributed by atoms with Crippen molar-refractivity contribution in [2.24, 2.45) is 0 Å². The fourth-order valence-corrected chi connectivity index (χ4v) is 0.985. The summed E-state index contributed by atoms with van der Waals surface area (Å²) in [5, 5.41) is 8.54. The fourth-order valence-electron chi connectivity index (χ4n) is 0.985. The van der Waals surface area contributed by atoms with E-state index in [1.165, 1.54) is 12.3 Å². The molecule has 1 rings (SSSR count). The average molecular weight is 168 g/mol. The van der Waals surface area contributed by atoms with Crippen LogP contribution in [0.5, 0.6) is 0 Å². The standard InChI is InChI=1S/C9H12O3/c1-7-5-9(11)8(6-12-7)3-2-4-10/h5-6,10H,2-4H2,1H3. The van der Waals surface area contributed by atoms with E-state index in [0.717, 1.165) is 0 Å². The molecule has 66 valence electrons. The molecule has 0 saturated carbocycles. The summed E-state index contributed by atoms with van der Waals surface area (Å²) >= 11 is 0. The molecule has 0 saturated heterocycles. The molecule has 0 unspecified atom stereocenters. The molecule has 0 atom stereocenters. The highest BCUT2D eigenvalue weighted by atomic mass is 16.3. The Morgan fingerprint density at radius 3 is 2.92 bits per heavy atom. The molecule has 1 aromatic rings. The Kier molecular flexibility index (Phi) is 3.05. The van der Waals surface area contributed by atoms with Crippen LogP contribution in [0.3, 0.4) is 0 Å². The van der Waals surface area contributed by atoms with Gasteiger partial charge in [0.1, 0.15) is 5.76 Å². The Balaban J connectivity index is 2.80. The van der Waals surface area contributed by atoms with Crippen molar-refractivity contribution in [3.63, 3.8) is 0 Å². The van der Waals surface area contributed by atoms with Crippen LogP contribution in [0.15, 0.2) is 21.5 Å². The second kappa shape index (κ2) is 4.07. The SMILES string of the molecule is Cc1cc(=O)c(CCCO)co1. The summed E-state index contributed by atoms with van der Waals surface area (Å²) in [5.74, 6) is 0.618. The van der Waals surface area contributed by atoms with Gasteiger partial charge < -0.3 is 9.52 Å². The molecule has 0 aliphatic heterocycles. The zero-order valence-electron chi connectivity index (χ0n) is 7.04. The minimum atomic E-state index is -0.00722. The number of hydrogen-bond donors (Lipinski definition) is 1. The van der Waals surface area contributed by atoms with E-state index < -0.39 is 0 Å². The molecule has 0 bridgehead atoms. The van der Waals surface area contributed by atoms with Gasteiger partial charge in [-0.15, -0.1) is 0 Å². The van der Waals surface area contributed by atoms with Crippen LogP contribution in [0.25, 0.3) is 0 Å². The highest BCUT2D eigenvalue weighted by Gasteiger charge is 1.99. The molecular weight excluding hydrogens is 156 g/mol. The maximum Gasteiger partial charge on any atom is 0.188 e. The van der Waals surface area contributed by atoms with Crippen molar-refractivity contribution in [2.45, 2.75) is 19.8 Å². The molecule has 12 heavy (non-hydrogen) atoms. The van der Waals surface area contributed by atoms with E-state index in [-0.39, 0.29) is 12.0 Å². The van der Waals surface area contributed by atoms with Crippen LogP contribution in [0, 0.1) is 6.92 Å². The predicted octanol–water partition coefficient (Wildman–Crippen LogP) is 0.873. The predicted molar refractivity (Wildman–Crippen MR) is 45.1 cm³/mol. The molecule has 1 heterocycles. The van der Waals surface area contributed by atoms with Crippen LogP contribution in [-0.4, -0.2) is 11.7 Å². The minimum absolute atomic E-state index is 0.00722. The summed E-state index contributed by atoms with van der Waals surface area (Å²) in [4.78, 5) is 11.2. The van der Waals surface area contributed by atoms with Crippen LogP contribution in [-0.2, 0) is 6.42 Å². The Labute approximate surface area is 70.7 Å². The molecule has 0 fully saturated rings. The molecule has 0 radical (unpaired) electrons. The largest absolute Gasteiger partial charge is 0.469 e. The summed E-state index contributed by atoms with van der Waals surface area (Å²) in [6, 6.07) is 1.46. The van der Waals surface area contributed by atoms with Crippen molar-refractivity contribution in [3.8, 4) is 0 Å². The Morgan fingerprint density at radius 2 is 2.33 bits per heavy atom. The van der Waals surface area contributed by atoms with Gasteiger partial charge >= 0.3 is 0 Å². The van der Waals surface area contributed by atoms with Crippen LogP contribution >= 0.6 is 0 Å². The molecule has 0 aliphatic rings. The van der Waals surface area contributed by atoms with Gasteiger partial charge in [0.2, 0.25) is 0 Å². The maximum atomic E-state index is 11.2. The minimum Gasteiger partial charge on any atom is -0.469 e. The Hall–Kier alpha value is -1.09. The smallest absolute Gasteiger partial charge is 0.188 e. The lowest BCUT2D eigenvalue weighted by Gasteiger charge is -1.97. The van der Waals surface area contributed by atoms with Gasteiger partial charge in [-0.1, -0.05) is 0 Å². The van der Waals surface area contributed by atoms with E-state index in [1.54, 1.807) is 6.92 Å². The molecule has 1 aromatic heterocycles. The van der Waals surface area contributed by atoms with E-state index in [9.17, 15) is 4.79 Å². The quantitative estimate of drug-likeness (QED) is 0.728. The van der Waals surface area contributed by atoms with E-state index in [2.05, 4.69) is 0 Å². The van der Waals surface area contributed by atoms with Crippen molar-refractivity contribution in [1.29, 1.82) is 0 Å². The topological polar surface area (TPSA) is 50.4 Å². The van der Waals surface area contributed by atoms with E-state index >= 15 is 0 Å². The first-order chi connectivity index (χ1) is 5.74. The number of rotatable bonds is 3. The van der Waals surface area contributed by atoms with Gasteiger partial charge in [0, 0.05) is 18.2 Å². The van der Waals surface area contributed by atoms with E-state index in [4.69, 9.17) is 9.52 Å². The third kappa shape index (κ3) is 2.20. The zero-order valence-corrected chi connectivity index (χ0v) is 7.04. The summed E-state index contributed by atoms with van der Waals surface area (Å²) < 4.78 is 5.05. The second-order valence-corrected chi connectivity index (χ2v) is 2.71. The van der Waals surface area contributed by atoms with Crippen molar-refractivity contribution in [3.05, 3.63) is 33.9 Å². The van der Waals surface area contributed by atoms with Crippen molar-refractivity contribution < 1.29 is 9.52 Å². The van der Waals surface area contributed by atoms with Crippen molar-refractivity contribution in [1.82, 2.24) is 0 Å². The third-order valence-electron chi connectivity index (χ3n) is 1.64. The van der Waals surface area contributed by atoms with E-state index in [0.29, 0.717) is 24.2 Å². The molecule has 3 heteroatoms. The van der Waals surface area contributed by atoms with Gasteiger partial charge in [-0.05, 0) is 19.8 Å². The molecule has 0 spiro atoms. The van der Waals surface area contributed by atoms with Crippen molar-refractivity contribution >= 4 is 0 Å². The maximum absolute atomic E-state index is 11.2. The number of aryl methyl sites for hydroxylation is 2. The third-order valence-corrected chi connectivity index (χ3v) is 1.64. The Morgan fingerprint density at radius 1 is 1.58 bits per heavy atom. The fraction of sp³-hybridized carbons (Fsp3) is 0.444. The van der Waals surface area contributed by atoms with Crippen LogP contribution in [0.4, 0.5) is 0 Å². The average Bonchev–Trinajstić information content (AvgIpc) is 2.03. The van der Waals surface area contributed by atoms with E-state index in [1.807, 2.05) is 0 Å². The van der Waals surface area contributed by atoms with Gasteiger partial charge in [-0.2, -0.15) is 0 Å². The van der Waals surface area contributed by atoms with Gasteiger partial charge in [0.05, 0.1) is 6.26 Å². The van der Waals surface area contributed by atoms with Gasteiger partial charge in [-0.3, -0.25) is 4.79 Å². The first-order valence-electron chi connectivity index (χ1n) is 3.93. The number of aliphatic hydroxyl groups is 1. The highest BCUT2D eigenvalue weighted by molar-refractivity contribution is 5.10. The number of aliphatic hydroxyl groups excluding tert-OH is 1. The van der Waals surface area contributed by atoms with Gasteiger partial charge in [-0.25, -0.2) is 0 Å². The second-order valence-electron chi connectivity index (χ2n) is 2.71. The first-order valence-corrected chi connectivity index (χ1v) is 3.93. The lowest BCUT2D eigenvalue weighted by molar-refractivity contribution is 0.288. The lowest BCUT2D eigenvalue weighted by atomic mass is 10.1. The molecule has 0 aliphatic carbocycles. The van der Waals surface area contributed by atoms with Crippen LogP contribution < -0.4 is 5.43 Å². The normalized spacial score (nSPS) is 10.2. The summed E-state index contributed by atoms with van der Waals surface area (Å²) in [6.07, 6.45) is 2.65. The molecule has 0 amide bonds. The molecular formula is C9H12O3. The summed E-state index contributed by atoms with van der Waals surface area (Å²) in [5.41, 5.74) is 0.627. The monoisotopic (exact) mass is 168 g/mol. The van der Waals surface area contributed by atoms with Crippen molar-refractivity contribution in [2.75, 3.05) is 6.61 Å². The van der Waals surface area contributed by atoms with Crippen LogP contribution in [0.2, 0.25) is 0 Å². The summed E-state index contributed by atoms with van der Waals surface area (Å²) in [7, 11) is 0. The van der Waals surface area contributed by atoms with Gasteiger partial charge in [0.15, 0.2) is 5.43 Å². The van der Waals surface area contributed by atoms with Crippen LogP contribution in [0.1, 0.15) is 17.7 Å². The lowest BCUT2D eigenvalue weighted by Crippen LogP contribution is -2.07. The first kappa shape index (κ1) is 9.00. The zero-order chi connectivity index (χ0) is 8.97. The number of hydrogen-bond acceptors (Lipinski definition) is 3. The highest BCUT2D eigenvalue weighted by Crippen LogP contribution is 1.99. The Bertz CT molecular complexity index is 301. The molecule has 3 nitrogen and oxygen atoms in total. The molecule has 1 N–H and O–H groups in total. The van der Waals surface area contributed by atoms with Gasteiger partial charge in [0.25, 0.3) is 0 Å². The molecule has 0 aromatic carbocycles. The summed E-state index contributed by atoms with van der Waals surface area (Å²) in [6.45, 7) is 1.84.